The molecule has 0 aliphatic carbocycles. The third-order valence-electron chi connectivity index (χ3n) is 1.29. The van der Waals surface area contributed by atoms with Crippen molar-refractivity contribution in [1.29, 1.82) is 0 Å². The van der Waals surface area contributed by atoms with E-state index in [4.69, 9.17) is 0 Å². The van der Waals surface area contributed by atoms with E-state index in [0.29, 0.717) is 0 Å². The number of nitrogens with zero attached hydrogens (tertiary/aromatic N) is 3. The Balaban J connectivity index is 2.90. The van der Waals surface area contributed by atoms with E-state index in [0.717, 1.165) is 5.82 Å². The zero-order valence-corrected chi connectivity index (χ0v) is 7.01. The van der Waals surface area contributed by atoms with Gasteiger partial charge in [-0.1, -0.05) is 24.8 Å². The second-order valence-electron chi connectivity index (χ2n) is 2.17. The lowest BCUT2D eigenvalue weighted by Gasteiger charge is -1.91. The Hall–Kier alpha value is -1.64. The molecule has 0 spiro atoms. The first-order chi connectivity index (χ1) is 5.88. The molecule has 0 aromatic carbocycles. The maximum atomic E-state index is 3.90. The van der Waals surface area contributed by atoms with Gasteiger partial charge < -0.3 is 0 Å². The first-order valence-corrected chi connectivity index (χ1v) is 3.70. The van der Waals surface area contributed by atoms with E-state index in [9.17, 15) is 0 Å². The summed E-state index contributed by atoms with van der Waals surface area (Å²) in [5, 5.41) is 7.67. The summed E-state index contributed by atoms with van der Waals surface area (Å²) in [6.07, 6.45) is 10.8. The molecule has 0 saturated heterocycles. The molecule has 0 amide bonds. The van der Waals surface area contributed by atoms with Gasteiger partial charge in [0.25, 0.3) is 0 Å². The SMILES string of the molecule is C=C/C=C\c1nncn1/C=C\C. The fraction of sp³-hybridized carbons (Fsp3) is 0.111. The predicted octanol–water partition coefficient (Wildman–Crippen LogP) is 1.97. The van der Waals surface area contributed by atoms with Crippen LogP contribution in [0, 0.1) is 0 Å². The molecular weight excluding hydrogens is 150 g/mol. The van der Waals surface area contributed by atoms with Gasteiger partial charge in [0.1, 0.15) is 6.33 Å². The van der Waals surface area contributed by atoms with Gasteiger partial charge in [-0.2, -0.15) is 0 Å². The first-order valence-electron chi connectivity index (χ1n) is 3.70. The highest BCUT2D eigenvalue weighted by Crippen LogP contribution is 1.98. The maximum Gasteiger partial charge on any atom is 0.160 e. The molecule has 3 nitrogen and oxygen atoms in total. The summed E-state index contributed by atoms with van der Waals surface area (Å²) in [7, 11) is 0. The Morgan fingerprint density at radius 3 is 3.08 bits per heavy atom. The molecule has 1 aromatic rings. The Labute approximate surface area is 71.7 Å². The second-order valence-corrected chi connectivity index (χ2v) is 2.17. The number of hydrogen-bond acceptors (Lipinski definition) is 2. The van der Waals surface area contributed by atoms with Gasteiger partial charge in [0, 0.05) is 6.20 Å². The molecule has 1 rings (SSSR count). The van der Waals surface area contributed by atoms with Crippen molar-refractivity contribution in [3.63, 3.8) is 0 Å². The van der Waals surface area contributed by atoms with Crippen LogP contribution in [0.1, 0.15) is 12.7 Å². The molecule has 0 bridgehead atoms. The average Bonchev–Trinajstić information content (AvgIpc) is 2.50. The average molecular weight is 161 g/mol. The minimum Gasteiger partial charge on any atom is -0.289 e. The second kappa shape index (κ2) is 4.28. The quantitative estimate of drug-likeness (QED) is 0.634. The first kappa shape index (κ1) is 8.46. The van der Waals surface area contributed by atoms with Crippen LogP contribution in [0.4, 0.5) is 0 Å². The van der Waals surface area contributed by atoms with Crippen LogP contribution in [0.3, 0.4) is 0 Å². The molecule has 0 saturated carbocycles. The van der Waals surface area contributed by atoms with Gasteiger partial charge in [-0.05, 0) is 13.0 Å². The molecule has 0 fully saturated rings. The van der Waals surface area contributed by atoms with Crippen LogP contribution in [-0.4, -0.2) is 14.8 Å². The van der Waals surface area contributed by atoms with E-state index in [-0.39, 0.29) is 0 Å². The highest BCUT2D eigenvalue weighted by atomic mass is 15.2. The van der Waals surface area contributed by atoms with Crippen molar-refractivity contribution in [2.45, 2.75) is 6.92 Å². The number of rotatable bonds is 3. The molecule has 12 heavy (non-hydrogen) atoms. The Kier molecular flexibility index (Phi) is 3.02. The van der Waals surface area contributed by atoms with Crippen LogP contribution in [0.25, 0.3) is 12.3 Å². The van der Waals surface area contributed by atoms with E-state index >= 15 is 0 Å². The molecule has 0 radical (unpaired) electrons. The van der Waals surface area contributed by atoms with Gasteiger partial charge >= 0.3 is 0 Å². The summed E-state index contributed by atoms with van der Waals surface area (Å²) in [4.78, 5) is 0. The fourth-order valence-electron chi connectivity index (χ4n) is 0.800. The summed E-state index contributed by atoms with van der Waals surface area (Å²) < 4.78 is 1.83. The van der Waals surface area contributed by atoms with Crippen LogP contribution in [0.5, 0.6) is 0 Å². The molecule has 0 atom stereocenters. The molecular formula is C9H11N3. The minimum absolute atomic E-state index is 0.799. The lowest BCUT2D eigenvalue weighted by Crippen LogP contribution is -1.87. The van der Waals surface area contributed by atoms with Crippen molar-refractivity contribution in [2.24, 2.45) is 0 Å². The Morgan fingerprint density at radius 1 is 1.58 bits per heavy atom. The summed E-state index contributed by atoms with van der Waals surface area (Å²) in [5.41, 5.74) is 0. The summed E-state index contributed by atoms with van der Waals surface area (Å²) in [6, 6.07) is 0. The van der Waals surface area contributed by atoms with Crippen molar-refractivity contribution in [2.75, 3.05) is 0 Å². The van der Waals surface area contributed by atoms with E-state index in [1.165, 1.54) is 0 Å². The third-order valence-corrected chi connectivity index (χ3v) is 1.29. The Bertz CT molecular complexity index is 307. The molecule has 1 heterocycles. The molecule has 62 valence electrons. The lowest BCUT2D eigenvalue weighted by atomic mass is 10.4. The predicted molar refractivity (Wildman–Crippen MR) is 50.3 cm³/mol. The molecule has 0 N–H and O–H groups in total. The monoisotopic (exact) mass is 161 g/mol. The summed E-state index contributed by atoms with van der Waals surface area (Å²) in [5.74, 6) is 0.799. The van der Waals surface area contributed by atoms with Crippen LogP contribution in [-0.2, 0) is 0 Å². The van der Waals surface area contributed by atoms with Crippen molar-refractivity contribution < 1.29 is 0 Å². The highest BCUT2D eigenvalue weighted by molar-refractivity contribution is 5.45. The summed E-state index contributed by atoms with van der Waals surface area (Å²) >= 11 is 0. The molecule has 0 unspecified atom stereocenters. The van der Waals surface area contributed by atoms with Crippen molar-refractivity contribution in [1.82, 2.24) is 14.8 Å². The third kappa shape index (κ3) is 1.92. The van der Waals surface area contributed by atoms with Gasteiger partial charge in [0.2, 0.25) is 0 Å². The minimum atomic E-state index is 0.799. The van der Waals surface area contributed by atoms with Crippen molar-refractivity contribution >= 4 is 12.3 Å². The summed E-state index contributed by atoms with van der Waals surface area (Å²) in [6.45, 7) is 5.52. The lowest BCUT2D eigenvalue weighted by molar-refractivity contribution is 1.07. The van der Waals surface area contributed by atoms with E-state index in [1.807, 2.05) is 35.9 Å². The van der Waals surface area contributed by atoms with Crippen LogP contribution in [0.2, 0.25) is 0 Å². The smallest absolute Gasteiger partial charge is 0.160 e. The van der Waals surface area contributed by atoms with E-state index in [1.54, 1.807) is 12.4 Å². The number of aromatic nitrogens is 3. The Morgan fingerprint density at radius 2 is 2.42 bits per heavy atom. The topological polar surface area (TPSA) is 30.7 Å². The van der Waals surface area contributed by atoms with Crippen LogP contribution >= 0.6 is 0 Å². The number of allylic oxidation sites excluding steroid dienone is 3. The van der Waals surface area contributed by atoms with Crippen LogP contribution < -0.4 is 0 Å². The zero-order valence-electron chi connectivity index (χ0n) is 7.01. The fourth-order valence-corrected chi connectivity index (χ4v) is 0.800. The van der Waals surface area contributed by atoms with Gasteiger partial charge in [-0.3, -0.25) is 4.57 Å². The molecule has 0 aliphatic rings. The highest BCUT2D eigenvalue weighted by Gasteiger charge is 1.93. The molecule has 1 aromatic heterocycles. The van der Waals surface area contributed by atoms with E-state index in [2.05, 4.69) is 16.8 Å². The standard InChI is InChI=1S/C9H11N3/c1-3-5-6-9-11-10-8-12(9)7-4-2/h3-8H,1H2,2H3/b6-5-,7-4-. The maximum absolute atomic E-state index is 3.90. The number of hydrogen-bond donors (Lipinski definition) is 0. The van der Waals surface area contributed by atoms with Crippen molar-refractivity contribution in [3.8, 4) is 0 Å². The zero-order chi connectivity index (χ0) is 8.81. The largest absolute Gasteiger partial charge is 0.289 e. The van der Waals surface area contributed by atoms with Gasteiger partial charge in [-0.25, -0.2) is 0 Å². The normalized spacial score (nSPS) is 11.4. The van der Waals surface area contributed by atoms with Crippen LogP contribution in [0.15, 0.2) is 31.1 Å². The van der Waals surface area contributed by atoms with Gasteiger partial charge in [0.05, 0.1) is 0 Å². The molecule has 3 heteroatoms. The van der Waals surface area contributed by atoms with Crippen molar-refractivity contribution in [3.05, 3.63) is 37.0 Å². The van der Waals surface area contributed by atoms with Gasteiger partial charge in [-0.15, -0.1) is 10.2 Å². The molecule has 0 aliphatic heterocycles. The van der Waals surface area contributed by atoms with E-state index < -0.39 is 0 Å². The van der Waals surface area contributed by atoms with Gasteiger partial charge in [0.15, 0.2) is 5.82 Å².